The molecule has 2 aromatic rings. The van der Waals surface area contributed by atoms with Gasteiger partial charge in [0.05, 0.1) is 7.11 Å². The Morgan fingerprint density at radius 3 is 2.23 bits per heavy atom. The van der Waals surface area contributed by atoms with Crippen LogP contribution in [0.15, 0.2) is 42.5 Å². The average molecular weight is 425 g/mol. The van der Waals surface area contributed by atoms with Gasteiger partial charge in [-0.2, -0.15) is 13.2 Å². The molecule has 0 aliphatic heterocycles. The number of rotatable bonds is 8. The third-order valence-corrected chi connectivity index (χ3v) is 4.73. The Hall–Kier alpha value is -2.90. The van der Waals surface area contributed by atoms with Gasteiger partial charge in [-0.1, -0.05) is 32.0 Å². The number of benzene rings is 2. The highest BCUT2D eigenvalue weighted by Crippen LogP contribution is 2.33. The van der Waals surface area contributed by atoms with Crippen molar-refractivity contribution in [2.45, 2.75) is 38.3 Å². The number of carbonyl (C=O) groups excluding carboxylic acids is 2. The van der Waals surface area contributed by atoms with Crippen LogP contribution < -0.4 is 10.1 Å². The Morgan fingerprint density at radius 1 is 1.03 bits per heavy atom. The maximum atomic E-state index is 13.8. The fraction of sp³-hybridized carbons (Fsp3) is 0.364. The van der Waals surface area contributed by atoms with Crippen LogP contribution in [-0.2, 0) is 16.6 Å². The Labute approximate surface area is 172 Å². The van der Waals surface area contributed by atoms with E-state index in [-0.39, 0.29) is 17.7 Å². The lowest BCUT2D eigenvalue weighted by atomic mass is 9.77. The molecule has 162 valence electrons. The molecule has 0 saturated carbocycles. The van der Waals surface area contributed by atoms with Crippen LogP contribution in [0, 0.1) is 5.82 Å². The maximum Gasteiger partial charge on any atom is 0.450 e. The van der Waals surface area contributed by atoms with Crippen LogP contribution in [0.25, 0.3) is 0 Å². The summed E-state index contributed by atoms with van der Waals surface area (Å²) in [7, 11) is 1.55. The van der Waals surface area contributed by atoms with E-state index in [4.69, 9.17) is 4.74 Å². The molecule has 0 spiro atoms. The molecular weight excluding hydrogens is 402 g/mol. The van der Waals surface area contributed by atoms with Crippen molar-refractivity contribution in [1.82, 2.24) is 5.32 Å². The number of halogens is 4. The summed E-state index contributed by atoms with van der Waals surface area (Å²) in [6, 6.07) is 10.5. The third-order valence-electron chi connectivity index (χ3n) is 4.73. The molecule has 0 bridgehead atoms. The molecule has 0 aliphatic carbocycles. The van der Waals surface area contributed by atoms with E-state index in [0.717, 1.165) is 17.7 Å². The predicted octanol–water partition coefficient (Wildman–Crippen LogP) is 4.61. The number of amides is 1. The quantitative estimate of drug-likeness (QED) is 0.629. The van der Waals surface area contributed by atoms with E-state index < -0.39 is 35.5 Å². The van der Waals surface area contributed by atoms with E-state index in [2.05, 4.69) is 5.32 Å². The zero-order valence-electron chi connectivity index (χ0n) is 16.9. The summed E-state index contributed by atoms with van der Waals surface area (Å²) in [6.45, 7) is 3.07. The van der Waals surface area contributed by atoms with Gasteiger partial charge in [-0.25, -0.2) is 4.39 Å². The van der Waals surface area contributed by atoms with Gasteiger partial charge in [-0.3, -0.25) is 9.59 Å². The van der Waals surface area contributed by atoms with Gasteiger partial charge in [0.2, 0.25) is 5.78 Å². The number of ketones is 1. The molecular formula is C22H23F4NO3. The predicted molar refractivity (Wildman–Crippen MR) is 104 cm³/mol. The van der Waals surface area contributed by atoms with Crippen LogP contribution in [0.5, 0.6) is 5.75 Å². The van der Waals surface area contributed by atoms with Gasteiger partial charge in [-0.15, -0.1) is 0 Å². The molecule has 0 unspecified atom stereocenters. The average Bonchev–Trinajstić information content (AvgIpc) is 2.67. The SMILES string of the molecule is COc1ccc(CCNC(=O)c2cc(F)ccc2C(C)(C)CC(=O)C(F)(F)F)cc1. The highest BCUT2D eigenvalue weighted by Gasteiger charge is 2.42. The smallest absolute Gasteiger partial charge is 0.450 e. The molecule has 0 aliphatic rings. The second kappa shape index (κ2) is 9.28. The lowest BCUT2D eigenvalue weighted by Gasteiger charge is -2.27. The summed E-state index contributed by atoms with van der Waals surface area (Å²) < 4.78 is 56.9. The second-order valence-corrected chi connectivity index (χ2v) is 7.53. The van der Waals surface area contributed by atoms with Crippen LogP contribution in [0.1, 0.15) is 41.8 Å². The molecule has 8 heteroatoms. The van der Waals surface area contributed by atoms with Gasteiger partial charge in [-0.05, 0) is 47.2 Å². The fourth-order valence-electron chi connectivity index (χ4n) is 3.10. The van der Waals surface area contributed by atoms with E-state index in [9.17, 15) is 27.2 Å². The zero-order chi connectivity index (χ0) is 22.5. The standard InChI is InChI=1S/C22H23F4NO3/c1-21(2,13-19(28)22(24,25)26)18-9-6-15(23)12-17(18)20(29)27-11-10-14-4-7-16(30-3)8-5-14/h4-9,12H,10-11,13H2,1-3H3,(H,27,29). The first kappa shape index (κ1) is 23.4. The molecule has 1 amide bonds. The Morgan fingerprint density at radius 2 is 1.67 bits per heavy atom. The van der Waals surface area contributed by atoms with Gasteiger partial charge < -0.3 is 10.1 Å². The summed E-state index contributed by atoms with van der Waals surface area (Å²) in [5.74, 6) is -2.52. The first-order chi connectivity index (χ1) is 13.9. The number of Topliss-reactive ketones (excluding diaryl/α,β-unsaturated/α-hetero) is 1. The first-order valence-corrected chi connectivity index (χ1v) is 9.25. The van der Waals surface area contributed by atoms with E-state index in [1.165, 1.54) is 19.9 Å². The number of ether oxygens (including phenoxy) is 1. The van der Waals surface area contributed by atoms with Crippen molar-refractivity contribution >= 4 is 11.7 Å². The normalized spacial score (nSPS) is 11.8. The largest absolute Gasteiger partial charge is 0.497 e. The van der Waals surface area contributed by atoms with Crippen LogP contribution in [0.2, 0.25) is 0 Å². The fourth-order valence-corrected chi connectivity index (χ4v) is 3.10. The Balaban J connectivity index is 2.14. The molecule has 2 aromatic carbocycles. The van der Waals surface area contributed by atoms with E-state index in [1.54, 1.807) is 19.2 Å². The number of hydrogen-bond acceptors (Lipinski definition) is 3. The summed E-state index contributed by atoms with van der Waals surface area (Å²) >= 11 is 0. The minimum absolute atomic E-state index is 0.0929. The van der Waals surface area contributed by atoms with Crippen LogP contribution in [-0.4, -0.2) is 31.5 Å². The summed E-state index contributed by atoms with van der Waals surface area (Å²) in [4.78, 5) is 24.1. The minimum Gasteiger partial charge on any atom is -0.497 e. The molecule has 0 radical (unpaired) electrons. The van der Waals surface area contributed by atoms with Crippen molar-refractivity contribution < 1.29 is 31.9 Å². The van der Waals surface area contributed by atoms with Crippen LogP contribution in [0.4, 0.5) is 17.6 Å². The third kappa shape index (κ3) is 6.05. The van der Waals surface area contributed by atoms with Crippen molar-refractivity contribution in [2.75, 3.05) is 13.7 Å². The molecule has 0 atom stereocenters. The molecule has 4 nitrogen and oxygen atoms in total. The topological polar surface area (TPSA) is 55.4 Å². The maximum absolute atomic E-state index is 13.8. The summed E-state index contributed by atoms with van der Waals surface area (Å²) in [5.41, 5.74) is -0.303. The number of alkyl halides is 3. The van der Waals surface area contributed by atoms with Crippen molar-refractivity contribution in [3.05, 3.63) is 65.0 Å². The minimum atomic E-state index is -4.97. The molecule has 30 heavy (non-hydrogen) atoms. The number of hydrogen-bond donors (Lipinski definition) is 1. The number of nitrogens with one attached hydrogen (secondary N) is 1. The molecule has 0 aromatic heterocycles. The van der Waals surface area contributed by atoms with Crippen molar-refractivity contribution in [3.63, 3.8) is 0 Å². The second-order valence-electron chi connectivity index (χ2n) is 7.53. The molecule has 0 saturated heterocycles. The van der Waals surface area contributed by atoms with E-state index >= 15 is 0 Å². The highest BCUT2D eigenvalue weighted by molar-refractivity contribution is 5.96. The Bertz CT molecular complexity index is 906. The van der Waals surface area contributed by atoms with Crippen molar-refractivity contribution in [3.8, 4) is 5.75 Å². The van der Waals surface area contributed by atoms with E-state index in [1.807, 2.05) is 12.1 Å². The van der Waals surface area contributed by atoms with Crippen LogP contribution >= 0.6 is 0 Å². The molecule has 1 N–H and O–H groups in total. The molecule has 2 rings (SSSR count). The van der Waals surface area contributed by atoms with Gasteiger partial charge in [0.1, 0.15) is 11.6 Å². The number of carbonyl (C=O) groups is 2. The van der Waals surface area contributed by atoms with Crippen molar-refractivity contribution in [1.29, 1.82) is 0 Å². The lowest BCUT2D eigenvalue weighted by molar-refractivity contribution is -0.172. The summed E-state index contributed by atoms with van der Waals surface area (Å²) in [6.07, 6.45) is -5.33. The number of methoxy groups -OCH3 is 1. The monoisotopic (exact) mass is 425 g/mol. The zero-order valence-corrected chi connectivity index (χ0v) is 16.9. The van der Waals surface area contributed by atoms with Gasteiger partial charge in [0.25, 0.3) is 5.91 Å². The first-order valence-electron chi connectivity index (χ1n) is 9.25. The highest BCUT2D eigenvalue weighted by atomic mass is 19.4. The van der Waals surface area contributed by atoms with Gasteiger partial charge in [0, 0.05) is 18.5 Å². The molecule has 0 heterocycles. The summed E-state index contributed by atoms with van der Waals surface area (Å²) in [5, 5.41) is 2.66. The molecule has 0 fully saturated rings. The van der Waals surface area contributed by atoms with Gasteiger partial charge >= 0.3 is 6.18 Å². The van der Waals surface area contributed by atoms with Gasteiger partial charge in [0.15, 0.2) is 0 Å². The lowest BCUT2D eigenvalue weighted by Crippen LogP contribution is -2.34. The van der Waals surface area contributed by atoms with Crippen molar-refractivity contribution in [2.24, 2.45) is 0 Å². The Kier molecular flexibility index (Phi) is 7.23. The van der Waals surface area contributed by atoms with Crippen LogP contribution in [0.3, 0.4) is 0 Å². The van der Waals surface area contributed by atoms with E-state index in [0.29, 0.717) is 12.2 Å².